The van der Waals surface area contributed by atoms with Gasteiger partial charge in [-0.2, -0.15) is 0 Å². The molecule has 0 spiro atoms. The summed E-state index contributed by atoms with van der Waals surface area (Å²) < 4.78 is 46.3. The summed E-state index contributed by atoms with van der Waals surface area (Å²) in [6.45, 7) is 3.89. The maximum Gasteiger partial charge on any atom is 0.573 e. The summed E-state index contributed by atoms with van der Waals surface area (Å²) in [5.41, 5.74) is 3.59. The molecule has 2 aromatic rings. The maximum atomic E-state index is 12.4. The number of rotatable bonds is 4. The lowest BCUT2D eigenvalue weighted by Crippen LogP contribution is -2.24. The minimum Gasteiger partial charge on any atom is -0.459 e. The smallest absolute Gasteiger partial charge is 0.459 e. The quantitative estimate of drug-likeness (QED) is 0.591. The van der Waals surface area contributed by atoms with E-state index in [4.69, 9.17) is 4.74 Å². The Morgan fingerprint density at radius 3 is 2.04 bits per heavy atom. The van der Waals surface area contributed by atoms with Crippen molar-refractivity contribution in [3.8, 4) is 5.75 Å². The molecule has 150 valence electrons. The average Bonchev–Trinajstić information content (AvgIpc) is 2.61. The van der Waals surface area contributed by atoms with Gasteiger partial charge in [0.05, 0.1) is 5.56 Å². The first kappa shape index (κ1) is 20.2. The van der Waals surface area contributed by atoms with Gasteiger partial charge in [0.1, 0.15) is 11.9 Å². The molecular formula is C22H23F3O3. The fourth-order valence-corrected chi connectivity index (χ4v) is 3.77. The highest BCUT2D eigenvalue weighted by molar-refractivity contribution is 5.90. The van der Waals surface area contributed by atoms with Crippen LogP contribution in [0.3, 0.4) is 0 Å². The number of benzene rings is 2. The van der Waals surface area contributed by atoms with Crippen LogP contribution in [-0.2, 0) is 4.74 Å². The van der Waals surface area contributed by atoms with Crippen LogP contribution in [0.4, 0.5) is 13.2 Å². The van der Waals surface area contributed by atoms with Crippen molar-refractivity contribution < 1.29 is 27.4 Å². The van der Waals surface area contributed by atoms with Crippen LogP contribution in [0.2, 0.25) is 0 Å². The van der Waals surface area contributed by atoms with E-state index in [1.807, 2.05) is 32.0 Å². The first-order valence-corrected chi connectivity index (χ1v) is 9.34. The molecule has 0 unspecified atom stereocenters. The van der Waals surface area contributed by atoms with Crippen molar-refractivity contribution in [1.82, 2.24) is 0 Å². The normalized spacial score (nSPS) is 19.9. The molecule has 6 heteroatoms. The van der Waals surface area contributed by atoms with Crippen molar-refractivity contribution >= 4 is 5.97 Å². The molecule has 3 nitrogen and oxygen atoms in total. The third-order valence-corrected chi connectivity index (χ3v) is 4.99. The molecule has 0 N–H and O–H groups in total. The van der Waals surface area contributed by atoms with Crippen LogP contribution < -0.4 is 4.74 Å². The van der Waals surface area contributed by atoms with E-state index in [2.05, 4.69) is 4.74 Å². The number of ether oxygens (including phenoxy) is 2. The second kappa shape index (κ2) is 8.25. The number of aryl methyl sites for hydroxylation is 2. The molecule has 0 amide bonds. The lowest BCUT2D eigenvalue weighted by atomic mass is 9.83. The number of hydrogen-bond acceptors (Lipinski definition) is 3. The van der Waals surface area contributed by atoms with Crippen molar-refractivity contribution in [2.45, 2.75) is 57.9 Å². The van der Waals surface area contributed by atoms with Gasteiger partial charge in [0.2, 0.25) is 0 Å². The lowest BCUT2D eigenvalue weighted by Gasteiger charge is -2.28. The minimum atomic E-state index is -4.68. The Bertz CT molecular complexity index is 800. The van der Waals surface area contributed by atoms with Crippen molar-refractivity contribution in [2.75, 3.05) is 0 Å². The van der Waals surface area contributed by atoms with Gasteiger partial charge in [-0.05, 0) is 75.3 Å². The van der Waals surface area contributed by atoms with E-state index in [-0.39, 0.29) is 23.7 Å². The molecule has 0 radical (unpaired) electrons. The van der Waals surface area contributed by atoms with Crippen molar-refractivity contribution in [2.24, 2.45) is 0 Å². The highest BCUT2D eigenvalue weighted by Crippen LogP contribution is 2.35. The van der Waals surface area contributed by atoms with E-state index in [9.17, 15) is 18.0 Å². The summed E-state index contributed by atoms with van der Waals surface area (Å²) in [5.74, 6) is -0.271. The molecular weight excluding hydrogens is 369 g/mol. The number of hydrogen-bond donors (Lipinski definition) is 0. The zero-order valence-electron chi connectivity index (χ0n) is 15.9. The Morgan fingerprint density at radius 1 is 0.929 bits per heavy atom. The monoisotopic (exact) mass is 392 g/mol. The number of halogens is 3. The predicted molar refractivity (Wildman–Crippen MR) is 99.5 cm³/mol. The van der Waals surface area contributed by atoms with Crippen LogP contribution in [0.25, 0.3) is 0 Å². The second-order valence-corrected chi connectivity index (χ2v) is 7.37. The van der Waals surface area contributed by atoms with Gasteiger partial charge in [-0.15, -0.1) is 13.2 Å². The molecule has 2 aromatic carbocycles. The van der Waals surface area contributed by atoms with Gasteiger partial charge in [-0.1, -0.05) is 29.3 Å². The van der Waals surface area contributed by atoms with Crippen LogP contribution >= 0.6 is 0 Å². The molecule has 1 fully saturated rings. The van der Waals surface area contributed by atoms with Crippen LogP contribution in [-0.4, -0.2) is 18.4 Å². The largest absolute Gasteiger partial charge is 0.573 e. The van der Waals surface area contributed by atoms with E-state index in [0.29, 0.717) is 5.56 Å². The van der Waals surface area contributed by atoms with E-state index in [0.717, 1.165) is 42.4 Å². The summed E-state index contributed by atoms with van der Waals surface area (Å²) in [6.07, 6.45) is -1.69. The van der Waals surface area contributed by atoms with Crippen molar-refractivity contribution in [3.05, 3.63) is 64.7 Å². The summed E-state index contributed by atoms with van der Waals surface area (Å²) >= 11 is 0. The lowest BCUT2D eigenvalue weighted by molar-refractivity contribution is -0.274. The molecule has 0 heterocycles. The van der Waals surface area contributed by atoms with Crippen LogP contribution in [0.1, 0.15) is 58.6 Å². The van der Waals surface area contributed by atoms with Crippen molar-refractivity contribution in [1.29, 1.82) is 0 Å². The fraction of sp³-hybridized carbons (Fsp3) is 0.409. The number of esters is 1. The van der Waals surface area contributed by atoms with Gasteiger partial charge in [0, 0.05) is 0 Å². The van der Waals surface area contributed by atoms with Crippen LogP contribution in [0, 0.1) is 13.8 Å². The van der Waals surface area contributed by atoms with Gasteiger partial charge < -0.3 is 9.47 Å². The topological polar surface area (TPSA) is 35.5 Å². The summed E-state index contributed by atoms with van der Waals surface area (Å²) in [6, 6.07) is 11.7. The maximum absolute atomic E-state index is 12.4. The summed E-state index contributed by atoms with van der Waals surface area (Å²) in [5, 5.41) is 0. The van der Waals surface area contributed by atoms with E-state index in [1.54, 1.807) is 12.1 Å². The van der Waals surface area contributed by atoms with Gasteiger partial charge in [0.15, 0.2) is 0 Å². The van der Waals surface area contributed by atoms with Gasteiger partial charge in [0.25, 0.3) is 0 Å². The molecule has 3 rings (SSSR count). The molecule has 0 atom stereocenters. The first-order chi connectivity index (χ1) is 13.2. The highest BCUT2D eigenvalue weighted by Gasteiger charge is 2.31. The van der Waals surface area contributed by atoms with Crippen molar-refractivity contribution in [3.63, 3.8) is 0 Å². The van der Waals surface area contributed by atoms with E-state index in [1.165, 1.54) is 12.1 Å². The Balaban J connectivity index is 1.53. The van der Waals surface area contributed by atoms with Gasteiger partial charge in [-0.3, -0.25) is 0 Å². The number of carbonyl (C=O) groups is 1. The Morgan fingerprint density at radius 2 is 1.50 bits per heavy atom. The molecule has 1 aliphatic carbocycles. The summed E-state index contributed by atoms with van der Waals surface area (Å²) in [7, 11) is 0. The molecule has 0 aliphatic heterocycles. The minimum absolute atomic E-state index is 0.127. The predicted octanol–water partition coefficient (Wildman–Crippen LogP) is 6.09. The SMILES string of the molecule is Cc1cc(C)cc(C(=O)OC2CCC(c3ccc(OC(F)(F)F)cc3)CC2)c1. The first-order valence-electron chi connectivity index (χ1n) is 9.34. The fourth-order valence-electron chi connectivity index (χ4n) is 3.77. The number of carbonyl (C=O) groups excluding carboxylic acids is 1. The zero-order chi connectivity index (χ0) is 20.3. The Kier molecular flexibility index (Phi) is 5.96. The molecule has 1 saturated carbocycles. The summed E-state index contributed by atoms with van der Waals surface area (Å²) in [4.78, 5) is 12.4. The van der Waals surface area contributed by atoms with E-state index >= 15 is 0 Å². The Labute approximate surface area is 162 Å². The molecule has 28 heavy (non-hydrogen) atoms. The molecule has 0 saturated heterocycles. The second-order valence-electron chi connectivity index (χ2n) is 7.37. The third kappa shape index (κ3) is 5.50. The van der Waals surface area contributed by atoms with Gasteiger partial charge in [-0.25, -0.2) is 4.79 Å². The van der Waals surface area contributed by atoms with Crippen LogP contribution in [0.15, 0.2) is 42.5 Å². The Hall–Kier alpha value is -2.50. The highest BCUT2D eigenvalue weighted by atomic mass is 19.4. The zero-order valence-corrected chi connectivity index (χ0v) is 15.9. The number of alkyl halides is 3. The van der Waals surface area contributed by atoms with Crippen LogP contribution in [0.5, 0.6) is 5.75 Å². The molecule has 0 bridgehead atoms. The standard InChI is InChI=1S/C22H23F3O3/c1-14-11-15(2)13-18(12-14)21(26)27-19-7-3-16(4-8-19)17-5-9-20(10-6-17)28-22(23,24)25/h5-6,9-13,16,19H,3-4,7-8H2,1-2H3. The third-order valence-electron chi connectivity index (χ3n) is 4.99. The molecule has 0 aromatic heterocycles. The van der Waals surface area contributed by atoms with E-state index < -0.39 is 6.36 Å². The molecule has 1 aliphatic rings. The van der Waals surface area contributed by atoms with Gasteiger partial charge >= 0.3 is 12.3 Å². The average molecular weight is 392 g/mol.